The van der Waals surface area contributed by atoms with Crippen LogP contribution in [0.4, 0.5) is 0 Å². The Morgan fingerprint density at radius 3 is 2.80 bits per heavy atom. The molecule has 82 valence electrons. The highest BCUT2D eigenvalue weighted by atomic mass is 79.9. The molecule has 0 aliphatic heterocycles. The van der Waals surface area contributed by atoms with Gasteiger partial charge >= 0.3 is 0 Å². The molecule has 1 unspecified atom stereocenters. The number of benzene rings is 1. The molecule has 0 radical (unpaired) electrons. The third-order valence-electron chi connectivity index (χ3n) is 2.92. The van der Waals surface area contributed by atoms with E-state index in [0.29, 0.717) is 4.83 Å². The summed E-state index contributed by atoms with van der Waals surface area (Å²) in [7, 11) is 1.74. The summed E-state index contributed by atoms with van der Waals surface area (Å²) in [5, 5.41) is 0. The van der Waals surface area contributed by atoms with Gasteiger partial charge in [-0.25, -0.2) is 0 Å². The molecule has 1 aliphatic carbocycles. The highest BCUT2D eigenvalue weighted by Gasteiger charge is 2.24. The van der Waals surface area contributed by atoms with Gasteiger partial charge in [0.1, 0.15) is 5.75 Å². The summed E-state index contributed by atoms with van der Waals surface area (Å²) in [5.41, 5.74) is 1.31. The van der Waals surface area contributed by atoms with Crippen molar-refractivity contribution in [3.63, 3.8) is 0 Å². The minimum atomic E-state index is 0.598. The summed E-state index contributed by atoms with van der Waals surface area (Å²) < 4.78 is 5.35. The molecule has 0 spiro atoms. The Morgan fingerprint density at radius 2 is 2.13 bits per heavy atom. The number of halogens is 1. The number of alkyl halides is 1. The third-order valence-corrected chi connectivity index (χ3v) is 3.62. The van der Waals surface area contributed by atoms with Crippen molar-refractivity contribution in [1.29, 1.82) is 0 Å². The summed E-state index contributed by atoms with van der Waals surface area (Å²) in [5.74, 6) is 1.99. The summed E-state index contributed by atoms with van der Waals surface area (Å²) >= 11 is 3.76. The normalized spacial score (nSPS) is 17.5. The van der Waals surface area contributed by atoms with Crippen LogP contribution in [0.15, 0.2) is 24.3 Å². The van der Waals surface area contributed by atoms with Gasteiger partial charge in [0.25, 0.3) is 0 Å². The number of hydrogen-bond acceptors (Lipinski definition) is 1. The molecule has 0 aromatic heterocycles. The van der Waals surface area contributed by atoms with Gasteiger partial charge in [-0.1, -0.05) is 47.0 Å². The molecule has 0 heterocycles. The lowest BCUT2D eigenvalue weighted by atomic mass is 10.1. The molecule has 1 aromatic carbocycles. The first kappa shape index (κ1) is 11.0. The summed E-state index contributed by atoms with van der Waals surface area (Å²) in [6.07, 6.45) is 5.22. The van der Waals surface area contributed by atoms with Gasteiger partial charge in [-0.15, -0.1) is 0 Å². The van der Waals surface area contributed by atoms with Crippen molar-refractivity contribution >= 4 is 15.9 Å². The molecule has 1 saturated carbocycles. The molecule has 15 heavy (non-hydrogen) atoms. The van der Waals surface area contributed by atoms with Gasteiger partial charge in [-0.3, -0.25) is 0 Å². The van der Waals surface area contributed by atoms with Crippen LogP contribution in [-0.2, 0) is 6.42 Å². The third kappa shape index (κ3) is 3.23. The van der Waals surface area contributed by atoms with E-state index >= 15 is 0 Å². The lowest BCUT2D eigenvalue weighted by Crippen LogP contribution is -2.05. The van der Waals surface area contributed by atoms with Gasteiger partial charge in [0.05, 0.1) is 7.11 Å². The summed E-state index contributed by atoms with van der Waals surface area (Å²) in [6, 6.07) is 8.29. The zero-order chi connectivity index (χ0) is 10.7. The maximum atomic E-state index is 5.35. The molecular weight excluding hydrogens is 252 g/mol. The van der Waals surface area contributed by atoms with Crippen molar-refractivity contribution < 1.29 is 4.74 Å². The van der Waals surface area contributed by atoms with E-state index in [1.54, 1.807) is 7.11 Å². The van der Waals surface area contributed by atoms with Crippen LogP contribution in [0.25, 0.3) is 0 Å². The van der Waals surface area contributed by atoms with E-state index in [1.807, 2.05) is 12.1 Å². The van der Waals surface area contributed by atoms with Gasteiger partial charge in [0.15, 0.2) is 0 Å². The Balaban J connectivity index is 1.95. The first-order valence-electron chi connectivity index (χ1n) is 5.55. The maximum Gasteiger partial charge on any atom is 0.122 e. The van der Waals surface area contributed by atoms with Crippen LogP contribution in [0.1, 0.15) is 24.8 Å². The van der Waals surface area contributed by atoms with E-state index in [-0.39, 0.29) is 0 Å². The van der Waals surface area contributed by atoms with Crippen LogP contribution in [-0.4, -0.2) is 11.9 Å². The predicted molar refractivity (Wildman–Crippen MR) is 66.8 cm³/mol. The average Bonchev–Trinajstić information content (AvgIpc) is 3.02. The van der Waals surface area contributed by atoms with Gasteiger partial charge in [-0.05, 0) is 30.4 Å². The SMILES string of the molecule is COc1ccccc1CC(Br)CC1CC1. The second kappa shape index (κ2) is 5.02. The topological polar surface area (TPSA) is 9.23 Å². The monoisotopic (exact) mass is 268 g/mol. The van der Waals surface area contributed by atoms with Crippen LogP contribution < -0.4 is 4.74 Å². The second-order valence-electron chi connectivity index (χ2n) is 4.29. The fraction of sp³-hybridized carbons (Fsp3) is 0.538. The standard InChI is InChI=1S/C13H17BrO/c1-15-13-5-3-2-4-11(13)9-12(14)8-10-6-7-10/h2-5,10,12H,6-9H2,1H3. The first-order valence-corrected chi connectivity index (χ1v) is 6.47. The van der Waals surface area contributed by atoms with E-state index in [1.165, 1.54) is 24.8 Å². The smallest absolute Gasteiger partial charge is 0.122 e. The lowest BCUT2D eigenvalue weighted by molar-refractivity contribution is 0.409. The first-order chi connectivity index (χ1) is 7.29. The number of rotatable bonds is 5. The zero-order valence-electron chi connectivity index (χ0n) is 9.08. The van der Waals surface area contributed by atoms with Gasteiger partial charge in [0.2, 0.25) is 0 Å². The fourth-order valence-electron chi connectivity index (χ4n) is 1.91. The van der Waals surface area contributed by atoms with E-state index in [2.05, 4.69) is 28.1 Å². The molecular formula is C13H17BrO. The number of hydrogen-bond donors (Lipinski definition) is 0. The Labute approximate surface area is 100.0 Å². The van der Waals surface area contributed by atoms with Crippen molar-refractivity contribution in [2.45, 2.75) is 30.5 Å². The van der Waals surface area contributed by atoms with Crippen LogP contribution in [0.2, 0.25) is 0 Å². The maximum absolute atomic E-state index is 5.35. The van der Waals surface area contributed by atoms with Crippen molar-refractivity contribution in [3.05, 3.63) is 29.8 Å². The van der Waals surface area contributed by atoms with Crippen LogP contribution in [0.5, 0.6) is 5.75 Å². The molecule has 1 aliphatic rings. The highest BCUT2D eigenvalue weighted by Crippen LogP contribution is 2.36. The average molecular weight is 269 g/mol. The predicted octanol–water partition coefficient (Wildman–Crippen LogP) is 3.80. The fourth-order valence-corrected chi connectivity index (χ4v) is 2.79. The summed E-state index contributed by atoms with van der Waals surface area (Å²) in [6.45, 7) is 0. The van der Waals surface area contributed by atoms with Gasteiger partial charge in [-0.2, -0.15) is 0 Å². The van der Waals surface area contributed by atoms with E-state index in [9.17, 15) is 0 Å². The quantitative estimate of drug-likeness (QED) is 0.739. The molecule has 1 fully saturated rings. The zero-order valence-corrected chi connectivity index (χ0v) is 10.7. The number of para-hydroxylation sites is 1. The van der Waals surface area contributed by atoms with Crippen molar-refractivity contribution in [2.75, 3.05) is 7.11 Å². The van der Waals surface area contributed by atoms with Gasteiger partial charge < -0.3 is 4.74 Å². The Bertz CT molecular complexity index is 320. The van der Waals surface area contributed by atoms with Crippen molar-refractivity contribution in [3.8, 4) is 5.75 Å². The minimum Gasteiger partial charge on any atom is -0.496 e. The molecule has 1 aromatic rings. The summed E-state index contributed by atoms with van der Waals surface area (Å²) in [4.78, 5) is 0.598. The Hall–Kier alpha value is -0.500. The molecule has 0 saturated heterocycles. The van der Waals surface area contributed by atoms with E-state index < -0.39 is 0 Å². The largest absolute Gasteiger partial charge is 0.496 e. The lowest BCUT2D eigenvalue weighted by Gasteiger charge is -2.12. The van der Waals surface area contributed by atoms with Crippen LogP contribution in [0.3, 0.4) is 0 Å². The Kier molecular flexibility index (Phi) is 3.68. The number of methoxy groups -OCH3 is 1. The molecule has 0 amide bonds. The van der Waals surface area contributed by atoms with E-state index in [4.69, 9.17) is 4.74 Å². The molecule has 2 rings (SSSR count). The Morgan fingerprint density at radius 1 is 1.40 bits per heavy atom. The van der Waals surface area contributed by atoms with Crippen LogP contribution >= 0.6 is 15.9 Å². The molecule has 2 heteroatoms. The van der Waals surface area contributed by atoms with E-state index in [0.717, 1.165) is 18.1 Å². The van der Waals surface area contributed by atoms with Gasteiger partial charge in [0, 0.05) is 4.83 Å². The molecule has 1 atom stereocenters. The van der Waals surface area contributed by atoms with Crippen molar-refractivity contribution in [2.24, 2.45) is 5.92 Å². The highest BCUT2D eigenvalue weighted by molar-refractivity contribution is 9.09. The minimum absolute atomic E-state index is 0.598. The van der Waals surface area contributed by atoms with Crippen molar-refractivity contribution in [1.82, 2.24) is 0 Å². The molecule has 1 nitrogen and oxygen atoms in total. The number of ether oxygens (including phenoxy) is 1. The molecule has 0 N–H and O–H groups in total. The van der Waals surface area contributed by atoms with Crippen LogP contribution in [0, 0.1) is 5.92 Å². The molecule has 0 bridgehead atoms. The second-order valence-corrected chi connectivity index (χ2v) is 5.59.